The van der Waals surface area contributed by atoms with E-state index in [2.05, 4.69) is 0 Å². The highest BCUT2D eigenvalue weighted by Gasteiger charge is 2.19. The number of phenolic OH excluding ortho intramolecular Hbond substituents is 1. The first-order valence-electron chi connectivity index (χ1n) is 5.41. The summed E-state index contributed by atoms with van der Waals surface area (Å²) in [5.74, 6) is -1.60. The van der Waals surface area contributed by atoms with Gasteiger partial charge in [-0.2, -0.15) is 0 Å². The van der Waals surface area contributed by atoms with Gasteiger partial charge in [-0.3, -0.25) is 10.1 Å². The summed E-state index contributed by atoms with van der Waals surface area (Å²) >= 11 is 5.79. The highest BCUT2D eigenvalue weighted by molar-refractivity contribution is 6.31. The van der Waals surface area contributed by atoms with Crippen LogP contribution in [0.4, 0.5) is 5.69 Å². The number of hydrogen-bond acceptors (Lipinski definition) is 4. The molecule has 0 aromatic heterocycles. The number of hydrogen-bond donors (Lipinski definition) is 2. The fourth-order valence-electron chi connectivity index (χ4n) is 1.74. The van der Waals surface area contributed by atoms with Crippen LogP contribution >= 0.6 is 11.6 Å². The predicted octanol–water partition coefficient (Wildman–Crippen LogP) is 3.32. The molecule has 0 unspecified atom stereocenters. The second-order valence-electron chi connectivity index (χ2n) is 3.96. The topological polar surface area (TPSA) is 101 Å². The Hall–Kier alpha value is -2.60. The largest absolute Gasteiger partial charge is 0.502 e. The van der Waals surface area contributed by atoms with Gasteiger partial charge in [0.05, 0.1) is 10.5 Å². The lowest BCUT2D eigenvalue weighted by Crippen LogP contribution is -1.95. The van der Waals surface area contributed by atoms with Gasteiger partial charge >= 0.3 is 11.7 Å². The third kappa shape index (κ3) is 2.55. The van der Waals surface area contributed by atoms with Gasteiger partial charge < -0.3 is 10.2 Å². The fraction of sp³-hybridized carbons (Fsp3) is 0. The first-order chi connectivity index (χ1) is 9.40. The van der Waals surface area contributed by atoms with Crippen LogP contribution in [0.15, 0.2) is 36.4 Å². The van der Waals surface area contributed by atoms with Crippen molar-refractivity contribution in [2.24, 2.45) is 0 Å². The molecule has 0 saturated heterocycles. The molecule has 7 heteroatoms. The number of benzene rings is 2. The summed E-state index contributed by atoms with van der Waals surface area (Å²) in [7, 11) is 0. The van der Waals surface area contributed by atoms with Crippen molar-refractivity contribution < 1.29 is 19.9 Å². The summed E-state index contributed by atoms with van der Waals surface area (Å²) in [4.78, 5) is 20.8. The molecule has 0 fully saturated rings. The van der Waals surface area contributed by atoms with Gasteiger partial charge in [0.25, 0.3) is 0 Å². The standard InChI is InChI=1S/C13H8ClNO5/c14-9-5-10(12(16)11(6-9)15(19)20)7-1-3-8(4-2-7)13(17)18/h1-6,16H,(H,17,18). The molecule has 2 aromatic carbocycles. The van der Waals surface area contributed by atoms with Crippen LogP contribution in [0, 0.1) is 10.1 Å². The van der Waals surface area contributed by atoms with Crippen molar-refractivity contribution >= 4 is 23.3 Å². The summed E-state index contributed by atoms with van der Waals surface area (Å²) < 4.78 is 0. The Kier molecular flexibility index (Phi) is 3.58. The van der Waals surface area contributed by atoms with Crippen LogP contribution in [0.25, 0.3) is 11.1 Å². The summed E-state index contributed by atoms with van der Waals surface area (Å²) in [5.41, 5.74) is 0.166. The van der Waals surface area contributed by atoms with Gasteiger partial charge in [0.2, 0.25) is 5.75 Å². The summed E-state index contributed by atoms with van der Waals surface area (Å²) in [5, 5.41) is 29.6. The monoisotopic (exact) mass is 293 g/mol. The molecule has 2 N–H and O–H groups in total. The Morgan fingerprint density at radius 3 is 2.30 bits per heavy atom. The number of nitrogens with zero attached hydrogens (tertiary/aromatic N) is 1. The molecule has 0 spiro atoms. The molecule has 6 nitrogen and oxygen atoms in total. The maximum absolute atomic E-state index is 10.8. The molecule has 0 atom stereocenters. The Labute approximate surface area is 118 Å². The number of phenols is 1. The zero-order chi connectivity index (χ0) is 14.9. The van der Waals surface area contributed by atoms with Gasteiger partial charge in [-0.15, -0.1) is 0 Å². The molecule has 0 saturated carbocycles. The second kappa shape index (κ2) is 5.18. The molecule has 2 aromatic rings. The van der Waals surface area contributed by atoms with Crippen LogP contribution < -0.4 is 0 Å². The molecule has 0 amide bonds. The van der Waals surface area contributed by atoms with E-state index in [1.807, 2.05) is 0 Å². The Balaban J connectivity index is 2.57. The molecule has 0 aliphatic heterocycles. The molecule has 0 radical (unpaired) electrons. The third-order valence-electron chi connectivity index (χ3n) is 2.69. The fourth-order valence-corrected chi connectivity index (χ4v) is 1.95. The van der Waals surface area contributed by atoms with Crippen molar-refractivity contribution in [3.8, 4) is 16.9 Å². The van der Waals surface area contributed by atoms with Crippen molar-refractivity contribution in [1.29, 1.82) is 0 Å². The van der Waals surface area contributed by atoms with Gasteiger partial charge in [0, 0.05) is 16.7 Å². The van der Waals surface area contributed by atoms with Crippen molar-refractivity contribution in [2.75, 3.05) is 0 Å². The Morgan fingerprint density at radius 2 is 1.80 bits per heavy atom. The van der Waals surface area contributed by atoms with E-state index >= 15 is 0 Å². The number of carboxylic acid groups (broad SMARTS) is 1. The van der Waals surface area contributed by atoms with Gasteiger partial charge in [-0.05, 0) is 23.8 Å². The van der Waals surface area contributed by atoms with Crippen molar-refractivity contribution in [3.63, 3.8) is 0 Å². The summed E-state index contributed by atoms with van der Waals surface area (Å²) in [6.45, 7) is 0. The highest BCUT2D eigenvalue weighted by atomic mass is 35.5. The number of nitro groups is 1. The zero-order valence-corrected chi connectivity index (χ0v) is 10.7. The van der Waals surface area contributed by atoms with Gasteiger partial charge in [-0.25, -0.2) is 4.79 Å². The van der Waals surface area contributed by atoms with Crippen molar-refractivity contribution in [2.45, 2.75) is 0 Å². The SMILES string of the molecule is O=C(O)c1ccc(-c2cc(Cl)cc([N+](=O)[O-])c2O)cc1. The smallest absolute Gasteiger partial charge is 0.335 e. The number of carboxylic acids is 1. The number of nitro benzene ring substituents is 1. The quantitative estimate of drug-likeness (QED) is 0.668. The van der Waals surface area contributed by atoms with E-state index in [4.69, 9.17) is 16.7 Å². The minimum Gasteiger partial charge on any atom is -0.502 e. The molecule has 0 heterocycles. The molecule has 2 rings (SSSR count). The summed E-state index contributed by atoms with van der Waals surface area (Å²) in [6.07, 6.45) is 0. The second-order valence-corrected chi connectivity index (χ2v) is 4.40. The van der Waals surface area contributed by atoms with Crippen molar-refractivity contribution in [3.05, 3.63) is 57.1 Å². The van der Waals surface area contributed by atoms with Gasteiger partial charge in [-0.1, -0.05) is 23.7 Å². The maximum Gasteiger partial charge on any atom is 0.335 e. The van der Waals surface area contributed by atoms with E-state index in [1.165, 1.54) is 30.3 Å². The van der Waals surface area contributed by atoms with E-state index in [0.717, 1.165) is 6.07 Å². The maximum atomic E-state index is 10.8. The van der Waals surface area contributed by atoms with Crippen LogP contribution in [0.5, 0.6) is 5.75 Å². The molecule has 0 aliphatic carbocycles. The minimum atomic E-state index is -1.09. The molecular weight excluding hydrogens is 286 g/mol. The Bertz CT molecular complexity index is 697. The number of aromatic carboxylic acids is 1. The molecule has 102 valence electrons. The van der Waals surface area contributed by atoms with E-state index in [-0.39, 0.29) is 16.1 Å². The predicted molar refractivity (Wildman–Crippen MR) is 72.2 cm³/mol. The molecule has 0 bridgehead atoms. The first-order valence-corrected chi connectivity index (χ1v) is 5.78. The van der Waals surface area contributed by atoms with Crippen LogP contribution in [0.3, 0.4) is 0 Å². The van der Waals surface area contributed by atoms with Gasteiger partial charge in [0.15, 0.2) is 0 Å². The van der Waals surface area contributed by atoms with Crippen LogP contribution in [-0.2, 0) is 0 Å². The number of aromatic hydroxyl groups is 1. The normalized spacial score (nSPS) is 10.2. The lowest BCUT2D eigenvalue weighted by Gasteiger charge is -2.06. The van der Waals surface area contributed by atoms with E-state index < -0.39 is 22.3 Å². The van der Waals surface area contributed by atoms with E-state index in [0.29, 0.717) is 5.56 Å². The highest BCUT2D eigenvalue weighted by Crippen LogP contribution is 2.39. The van der Waals surface area contributed by atoms with Crippen LogP contribution in [0.2, 0.25) is 5.02 Å². The first kappa shape index (κ1) is 13.8. The minimum absolute atomic E-state index is 0.0739. The molecule has 0 aliphatic rings. The summed E-state index contributed by atoms with van der Waals surface area (Å²) in [6, 6.07) is 7.98. The van der Waals surface area contributed by atoms with E-state index in [9.17, 15) is 20.0 Å². The lowest BCUT2D eigenvalue weighted by molar-refractivity contribution is -0.385. The Morgan fingerprint density at radius 1 is 1.20 bits per heavy atom. The third-order valence-corrected chi connectivity index (χ3v) is 2.91. The molecule has 20 heavy (non-hydrogen) atoms. The average Bonchev–Trinajstić information content (AvgIpc) is 2.41. The zero-order valence-electron chi connectivity index (χ0n) is 9.91. The lowest BCUT2D eigenvalue weighted by atomic mass is 10.0. The number of rotatable bonds is 3. The van der Waals surface area contributed by atoms with E-state index in [1.54, 1.807) is 0 Å². The number of carbonyl (C=O) groups is 1. The van der Waals surface area contributed by atoms with Crippen LogP contribution in [-0.4, -0.2) is 21.1 Å². The number of halogens is 1. The van der Waals surface area contributed by atoms with Gasteiger partial charge in [0.1, 0.15) is 0 Å². The average molecular weight is 294 g/mol. The molecular formula is C13H8ClNO5. The van der Waals surface area contributed by atoms with Crippen molar-refractivity contribution in [1.82, 2.24) is 0 Å². The van der Waals surface area contributed by atoms with Crippen LogP contribution in [0.1, 0.15) is 10.4 Å².